The lowest BCUT2D eigenvalue weighted by molar-refractivity contribution is 0.00292. The van der Waals surface area contributed by atoms with Gasteiger partial charge in [-0.3, -0.25) is 0 Å². The lowest BCUT2D eigenvalue weighted by atomic mass is 9.89. The maximum Gasteiger partial charge on any atom is 0.144 e. The van der Waals surface area contributed by atoms with Gasteiger partial charge in [-0.2, -0.15) is 5.26 Å². The molecule has 4 nitrogen and oxygen atoms in total. The normalized spacial score (nSPS) is 21.2. The summed E-state index contributed by atoms with van der Waals surface area (Å²) in [5.74, 6) is 0.686. The van der Waals surface area contributed by atoms with Crippen molar-refractivity contribution >= 4 is 16.7 Å². The van der Waals surface area contributed by atoms with Crippen LogP contribution >= 0.6 is 0 Å². The third-order valence-corrected chi connectivity index (χ3v) is 3.68. The van der Waals surface area contributed by atoms with Crippen LogP contribution in [0.3, 0.4) is 0 Å². The summed E-state index contributed by atoms with van der Waals surface area (Å²) in [5, 5.41) is 13.6. The number of nitriles is 1. The van der Waals surface area contributed by atoms with Gasteiger partial charge in [0.2, 0.25) is 0 Å². The molecule has 0 radical (unpaired) electrons. The lowest BCUT2D eigenvalue weighted by Gasteiger charge is -2.35. The Hall–Kier alpha value is -2.12. The van der Waals surface area contributed by atoms with Crippen LogP contribution in [0, 0.1) is 11.3 Å². The number of nitrogens with one attached hydrogen (secondary N) is 1. The molecule has 102 valence electrons. The van der Waals surface area contributed by atoms with Crippen LogP contribution in [-0.2, 0) is 4.74 Å². The molecule has 1 saturated carbocycles. The van der Waals surface area contributed by atoms with Crippen LogP contribution in [0.5, 0.6) is 0 Å². The summed E-state index contributed by atoms with van der Waals surface area (Å²) in [6.07, 6.45) is 2.31. The van der Waals surface area contributed by atoms with Crippen molar-refractivity contribution < 1.29 is 4.74 Å². The van der Waals surface area contributed by atoms with Crippen molar-refractivity contribution in [1.82, 2.24) is 4.98 Å². The molecule has 0 atom stereocenters. The molecule has 1 N–H and O–H groups in total. The van der Waals surface area contributed by atoms with E-state index in [1.54, 1.807) is 0 Å². The van der Waals surface area contributed by atoms with E-state index in [9.17, 15) is 5.26 Å². The van der Waals surface area contributed by atoms with E-state index in [-0.39, 0.29) is 0 Å². The standard InChI is InChI=1S/C16H17N3O/c1-2-20-14-8-13(9-14)18-16-12(10-17)7-11-5-3-4-6-15(11)19-16/h3-7,13-14H,2,8-9H2,1H3,(H,18,19). The molecule has 0 aliphatic heterocycles. The maximum atomic E-state index is 9.26. The van der Waals surface area contributed by atoms with Crippen molar-refractivity contribution in [3.05, 3.63) is 35.9 Å². The van der Waals surface area contributed by atoms with E-state index in [1.807, 2.05) is 37.3 Å². The van der Waals surface area contributed by atoms with Gasteiger partial charge in [-0.05, 0) is 31.9 Å². The van der Waals surface area contributed by atoms with Gasteiger partial charge in [0.05, 0.1) is 17.2 Å². The van der Waals surface area contributed by atoms with Crippen LogP contribution in [0.15, 0.2) is 30.3 Å². The van der Waals surface area contributed by atoms with Crippen LogP contribution in [0.1, 0.15) is 25.3 Å². The minimum atomic E-state index is 0.350. The van der Waals surface area contributed by atoms with Gasteiger partial charge >= 0.3 is 0 Å². The second kappa shape index (κ2) is 5.48. The second-order valence-corrected chi connectivity index (χ2v) is 5.08. The van der Waals surface area contributed by atoms with Crippen molar-refractivity contribution in [1.29, 1.82) is 5.26 Å². The Kier molecular flexibility index (Phi) is 3.53. The van der Waals surface area contributed by atoms with Gasteiger partial charge in [-0.25, -0.2) is 4.98 Å². The summed E-state index contributed by atoms with van der Waals surface area (Å²) in [5.41, 5.74) is 1.51. The van der Waals surface area contributed by atoms with Crippen LogP contribution in [-0.4, -0.2) is 23.7 Å². The molecule has 3 rings (SSSR count). The van der Waals surface area contributed by atoms with Crippen LogP contribution in [0.4, 0.5) is 5.82 Å². The number of benzene rings is 1. The number of para-hydroxylation sites is 1. The second-order valence-electron chi connectivity index (χ2n) is 5.08. The Morgan fingerprint density at radius 1 is 1.40 bits per heavy atom. The Labute approximate surface area is 118 Å². The van der Waals surface area contributed by atoms with Gasteiger partial charge in [0, 0.05) is 18.0 Å². The van der Waals surface area contributed by atoms with Crippen LogP contribution in [0.2, 0.25) is 0 Å². The predicted octanol–water partition coefficient (Wildman–Crippen LogP) is 3.09. The molecule has 0 amide bonds. The fourth-order valence-electron chi connectivity index (χ4n) is 2.56. The van der Waals surface area contributed by atoms with Gasteiger partial charge < -0.3 is 10.1 Å². The van der Waals surface area contributed by atoms with Gasteiger partial charge in [-0.1, -0.05) is 18.2 Å². The molecule has 1 heterocycles. The first-order chi connectivity index (χ1) is 9.80. The minimum Gasteiger partial charge on any atom is -0.378 e. The molecule has 1 aliphatic rings. The summed E-state index contributed by atoms with van der Waals surface area (Å²) < 4.78 is 5.55. The molecule has 0 unspecified atom stereocenters. The molecule has 0 spiro atoms. The number of hydrogen-bond acceptors (Lipinski definition) is 4. The van der Waals surface area contributed by atoms with E-state index >= 15 is 0 Å². The summed E-state index contributed by atoms with van der Waals surface area (Å²) in [6, 6.07) is 12.3. The van der Waals surface area contributed by atoms with E-state index in [0.29, 0.717) is 23.5 Å². The first kappa shape index (κ1) is 12.9. The molecular weight excluding hydrogens is 250 g/mol. The predicted molar refractivity (Wildman–Crippen MR) is 78.5 cm³/mol. The summed E-state index contributed by atoms with van der Waals surface area (Å²) in [6.45, 7) is 2.77. The highest BCUT2D eigenvalue weighted by Crippen LogP contribution is 2.28. The molecule has 2 aromatic rings. The van der Waals surface area contributed by atoms with Gasteiger partial charge in [0.1, 0.15) is 11.9 Å². The number of nitrogens with zero attached hydrogens (tertiary/aromatic N) is 2. The van der Waals surface area contributed by atoms with Crippen LogP contribution in [0.25, 0.3) is 10.9 Å². The first-order valence-electron chi connectivity index (χ1n) is 6.98. The van der Waals surface area contributed by atoms with E-state index in [4.69, 9.17) is 4.74 Å². The largest absolute Gasteiger partial charge is 0.378 e. The highest BCUT2D eigenvalue weighted by molar-refractivity contribution is 5.82. The van der Waals surface area contributed by atoms with Gasteiger partial charge in [0.15, 0.2) is 0 Å². The fraction of sp³-hybridized carbons (Fsp3) is 0.375. The number of aromatic nitrogens is 1. The monoisotopic (exact) mass is 267 g/mol. The molecule has 1 aromatic carbocycles. The van der Waals surface area contributed by atoms with Crippen molar-refractivity contribution in [2.75, 3.05) is 11.9 Å². The average Bonchev–Trinajstić information content (AvgIpc) is 2.44. The number of hydrogen-bond donors (Lipinski definition) is 1. The number of anilines is 1. The Balaban J connectivity index is 1.79. The minimum absolute atomic E-state index is 0.350. The number of rotatable bonds is 4. The van der Waals surface area contributed by atoms with E-state index in [2.05, 4.69) is 16.4 Å². The average molecular weight is 267 g/mol. The molecule has 20 heavy (non-hydrogen) atoms. The summed E-state index contributed by atoms with van der Waals surface area (Å²) in [7, 11) is 0. The highest BCUT2D eigenvalue weighted by atomic mass is 16.5. The molecular formula is C16H17N3O. The molecule has 0 saturated heterocycles. The van der Waals surface area contributed by atoms with Crippen molar-refractivity contribution in [2.45, 2.75) is 31.9 Å². The number of ether oxygens (including phenoxy) is 1. The van der Waals surface area contributed by atoms with Crippen molar-refractivity contribution in [3.63, 3.8) is 0 Å². The topological polar surface area (TPSA) is 57.9 Å². The maximum absolute atomic E-state index is 9.26. The summed E-state index contributed by atoms with van der Waals surface area (Å²) >= 11 is 0. The molecule has 1 aliphatic carbocycles. The SMILES string of the molecule is CCOC1CC(Nc2nc3ccccc3cc2C#N)C1. The fourth-order valence-corrected chi connectivity index (χ4v) is 2.56. The Bertz CT molecular complexity index is 656. The Morgan fingerprint density at radius 3 is 2.95 bits per heavy atom. The van der Waals surface area contributed by atoms with E-state index in [0.717, 1.165) is 30.4 Å². The quantitative estimate of drug-likeness (QED) is 0.924. The zero-order valence-electron chi connectivity index (χ0n) is 11.5. The van der Waals surface area contributed by atoms with Crippen LogP contribution < -0.4 is 5.32 Å². The highest BCUT2D eigenvalue weighted by Gasteiger charge is 2.30. The molecule has 0 bridgehead atoms. The molecule has 1 fully saturated rings. The zero-order chi connectivity index (χ0) is 13.9. The van der Waals surface area contributed by atoms with Gasteiger partial charge in [0.25, 0.3) is 0 Å². The smallest absolute Gasteiger partial charge is 0.144 e. The third-order valence-electron chi connectivity index (χ3n) is 3.68. The Morgan fingerprint density at radius 2 is 2.20 bits per heavy atom. The summed E-state index contributed by atoms with van der Waals surface area (Å²) in [4.78, 5) is 4.56. The molecule has 1 aromatic heterocycles. The van der Waals surface area contributed by atoms with Crippen molar-refractivity contribution in [2.24, 2.45) is 0 Å². The van der Waals surface area contributed by atoms with Gasteiger partial charge in [-0.15, -0.1) is 0 Å². The molecule has 4 heteroatoms. The third kappa shape index (κ3) is 2.45. The van der Waals surface area contributed by atoms with E-state index in [1.165, 1.54) is 0 Å². The number of fused-ring (bicyclic) bond motifs is 1. The van der Waals surface area contributed by atoms with Crippen molar-refractivity contribution in [3.8, 4) is 6.07 Å². The lowest BCUT2D eigenvalue weighted by Crippen LogP contribution is -2.41. The number of pyridine rings is 1. The first-order valence-corrected chi connectivity index (χ1v) is 6.98. The van der Waals surface area contributed by atoms with E-state index < -0.39 is 0 Å². The zero-order valence-corrected chi connectivity index (χ0v) is 11.5.